The van der Waals surface area contributed by atoms with E-state index in [4.69, 9.17) is 0 Å². The van der Waals surface area contributed by atoms with Gasteiger partial charge in [0.05, 0.1) is 17.6 Å². The highest BCUT2D eigenvalue weighted by atomic mass is 16.4. The summed E-state index contributed by atoms with van der Waals surface area (Å²) in [6, 6.07) is 8.83. The summed E-state index contributed by atoms with van der Waals surface area (Å²) in [6.07, 6.45) is 13.4. The van der Waals surface area contributed by atoms with Crippen LogP contribution in [0.25, 0.3) is 5.69 Å². The van der Waals surface area contributed by atoms with Crippen LogP contribution in [-0.2, 0) is 4.79 Å². The molecule has 34 heavy (non-hydrogen) atoms. The number of amides is 1. The Balaban J connectivity index is 1.35. The number of hydrogen-bond acceptors (Lipinski definition) is 3. The van der Waals surface area contributed by atoms with Crippen molar-refractivity contribution in [2.45, 2.75) is 95.4 Å². The van der Waals surface area contributed by atoms with Crippen molar-refractivity contribution in [1.82, 2.24) is 14.7 Å². The summed E-state index contributed by atoms with van der Waals surface area (Å²) < 4.78 is 1.83. The Morgan fingerprint density at radius 2 is 1.91 bits per heavy atom. The molecule has 2 heterocycles. The third-order valence-corrected chi connectivity index (χ3v) is 8.14. The van der Waals surface area contributed by atoms with Crippen LogP contribution in [0.1, 0.15) is 111 Å². The number of likely N-dealkylation sites (tertiary alicyclic amines) is 1. The van der Waals surface area contributed by atoms with E-state index in [9.17, 15) is 14.7 Å². The van der Waals surface area contributed by atoms with E-state index in [1.54, 1.807) is 0 Å². The Bertz CT molecular complexity index is 1040. The van der Waals surface area contributed by atoms with Crippen LogP contribution < -0.4 is 0 Å². The summed E-state index contributed by atoms with van der Waals surface area (Å²) in [6.45, 7) is 3.14. The van der Waals surface area contributed by atoms with Crippen LogP contribution in [0.15, 0.2) is 30.5 Å². The second-order valence-corrected chi connectivity index (χ2v) is 10.6. The number of nitrogens with zero attached hydrogens (tertiary/aromatic N) is 3. The van der Waals surface area contributed by atoms with Crippen molar-refractivity contribution in [3.05, 3.63) is 47.3 Å². The lowest BCUT2D eigenvalue weighted by Crippen LogP contribution is -2.47. The molecule has 3 atom stereocenters. The number of carboxylic acid groups (broad SMARTS) is 1. The average Bonchev–Trinajstić information content (AvgIpc) is 3.61. The molecule has 1 saturated heterocycles. The van der Waals surface area contributed by atoms with E-state index in [2.05, 4.69) is 35.1 Å². The van der Waals surface area contributed by atoms with Gasteiger partial charge in [-0.05, 0) is 81.4 Å². The van der Waals surface area contributed by atoms with Crippen LogP contribution in [0.2, 0.25) is 0 Å². The molecule has 6 heteroatoms. The minimum absolute atomic E-state index is 0.116. The van der Waals surface area contributed by atoms with Crippen LogP contribution in [-0.4, -0.2) is 44.3 Å². The van der Waals surface area contributed by atoms with Crippen molar-refractivity contribution in [2.75, 3.05) is 6.54 Å². The molecule has 0 spiro atoms. The van der Waals surface area contributed by atoms with Crippen molar-refractivity contribution in [2.24, 2.45) is 5.92 Å². The Kier molecular flexibility index (Phi) is 6.75. The SMILES string of the molecule is CCCC1CCCCN1C(=O)C1CCC[C@@H](c2cccc(-n3ncc(C(=O)O)c3C3CC3)c2)C1. The number of aromatic nitrogens is 2. The zero-order valence-corrected chi connectivity index (χ0v) is 20.3. The van der Waals surface area contributed by atoms with Gasteiger partial charge in [-0.2, -0.15) is 5.10 Å². The minimum Gasteiger partial charge on any atom is -0.478 e. The van der Waals surface area contributed by atoms with Crippen LogP contribution in [0.4, 0.5) is 0 Å². The number of carbonyl (C=O) groups is 2. The lowest BCUT2D eigenvalue weighted by molar-refractivity contribution is -0.140. The molecule has 1 amide bonds. The molecule has 0 bridgehead atoms. The molecule has 2 aromatic rings. The third kappa shape index (κ3) is 4.64. The standard InChI is InChI=1S/C28H37N3O3/c1-2-7-23-11-3-4-15-30(23)27(32)22-10-5-8-20(16-22)21-9-6-12-24(17-21)31-26(19-13-14-19)25(18-29-31)28(33)34/h6,9,12,17-20,22-23H,2-5,7-8,10-11,13-16H2,1H3,(H,33,34)/t20-,22?,23?/m1/s1. The number of carbonyl (C=O) groups excluding carboxylic acids is 1. The number of rotatable bonds is 7. The minimum atomic E-state index is -0.906. The number of hydrogen-bond donors (Lipinski definition) is 1. The number of aromatic carboxylic acids is 1. The zero-order chi connectivity index (χ0) is 23.7. The van der Waals surface area contributed by atoms with E-state index in [0.29, 0.717) is 23.4 Å². The van der Waals surface area contributed by atoms with E-state index in [1.165, 1.54) is 18.2 Å². The first-order valence-electron chi connectivity index (χ1n) is 13.3. The summed E-state index contributed by atoms with van der Waals surface area (Å²) in [5, 5.41) is 14.1. The second-order valence-electron chi connectivity index (χ2n) is 10.6. The van der Waals surface area contributed by atoms with Crippen LogP contribution in [0.3, 0.4) is 0 Å². The Labute approximate surface area is 202 Å². The van der Waals surface area contributed by atoms with E-state index < -0.39 is 5.97 Å². The average molecular weight is 464 g/mol. The molecule has 5 rings (SSSR count). The molecule has 1 aromatic heterocycles. The maximum atomic E-state index is 13.6. The van der Waals surface area contributed by atoms with Crippen molar-refractivity contribution in [3.8, 4) is 5.69 Å². The van der Waals surface area contributed by atoms with Crippen molar-refractivity contribution in [1.29, 1.82) is 0 Å². The topological polar surface area (TPSA) is 75.4 Å². The Morgan fingerprint density at radius 3 is 2.68 bits per heavy atom. The monoisotopic (exact) mass is 463 g/mol. The highest BCUT2D eigenvalue weighted by Crippen LogP contribution is 2.43. The zero-order valence-electron chi connectivity index (χ0n) is 20.3. The fraction of sp³-hybridized carbons (Fsp3) is 0.607. The van der Waals surface area contributed by atoms with Crippen LogP contribution >= 0.6 is 0 Å². The Hall–Kier alpha value is -2.63. The maximum absolute atomic E-state index is 13.6. The molecule has 182 valence electrons. The molecule has 3 fully saturated rings. The van der Waals surface area contributed by atoms with Gasteiger partial charge in [-0.25, -0.2) is 9.48 Å². The van der Waals surface area contributed by atoms with Crippen LogP contribution in [0.5, 0.6) is 0 Å². The van der Waals surface area contributed by atoms with Gasteiger partial charge in [0.15, 0.2) is 0 Å². The van der Waals surface area contributed by atoms with Crippen LogP contribution in [0, 0.1) is 5.92 Å². The summed E-state index contributed by atoms with van der Waals surface area (Å²) in [5.74, 6) is 0.237. The summed E-state index contributed by atoms with van der Waals surface area (Å²) >= 11 is 0. The van der Waals surface area contributed by atoms with Crippen molar-refractivity contribution < 1.29 is 14.7 Å². The lowest BCUT2D eigenvalue weighted by Gasteiger charge is -2.40. The summed E-state index contributed by atoms with van der Waals surface area (Å²) in [7, 11) is 0. The quantitative estimate of drug-likeness (QED) is 0.554. The fourth-order valence-electron chi connectivity index (χ4n) is 6.26. The molecular weight excluding hydrogens is 426 g/mol. The van der Waals surface area contributed by atoms with Crippen molar-refractivity contribution >= 4 is 11.9 Å². The first kappa shape index (κ1) is 23.1. The molecule has 2 aliphatic carbocycles. The first-order valence-corrected chi connectivity index (χ1v) is 13.3. The van der Waals surface area contributed by atoms with Gasteiger partial charge < -0.3 is 10.0 Å². The maximum Gasteiger partial charge on any atom is 0.339 e. The van der Waals surface area contributed by atoms with Gasteiger partial charge in [-0.15, -0.1) is 0 Å². The van der Waals surface area contributed by atoms with E-state index in [0.717, 1.165) is 82.1 Å². The molecule has 3 aliphatic rings. The number of benzene rings is 1. The highest BCUT2D eigenvalue weighted by molar-refractivity contribution is 5.89. The molecule has 1 aliphatic heterocycles. The largest absolute Gasteiger partial charge is 0.478 e. The van der Waals surface area contributed by atoms with E-state index >= 15 is 0 Å². The highest BCUT2D eigenvalue weighted by Gasteiger charge is 2.35. The van der Waals surface area contributed by atoms with Gasteiger partial charge in [-0.1, -0.05) is 31.9 Å². The van der Waals surface area contributed by atoms with Gasteiger partial charge in [0.25, 0.3) is 0 Å². The number of piperidine rings is 1. The smallest absolute Gasteiger partial charge is 0.339 e. The molecule has 1 aromatic carbocycles. The van der Waals surface area contributed by atoms with Gasteiger partial charge in [-0.3, -0.25) is 4.79 Å². The predicted molar refractivity (Wildman–Crippen MR) is 131 cm³/mol. The van der Waals surface area contributed by atoms with Gasteiger partial charge in [0.2, 0.25) is 5.91 Å². The normalized spacial score (nSPS) is 25.3. The molecule has 2 unspecified atom stereocenters. The first-order chi connectivity index (χ1) is 16.6. The molecule has 0 radical (unpaired) electrons. The number of carboxylic acids is 1. The fourth-order valence-corrected chi connectivity index (χ4v) is 6.26. The van der Waals surface area contributed by atoms with E-state index in [-0.39, 0.29) is 11.8 Å². The molecular formula is C28H37N3O3. The summed E-state index contributed by atoms with van der Waals surface area (Å²) in [4.78, 5) is 27.5. The van der Waals surface area contributed by atoms with Gasteiger partial charge >= 0.3 is 5.97 Å². The van der Waals surface area contributed by atoms with E-state index in [1.807, 2.05) is 10.7 Å². The third-order valence-electron chi connectivity index (χ3n) is 8.14. The summed E-state index contributed by atoms with van der Waals surface area (Å²) in [5.41, 5.74) is 3.32. The molecule has 1 N–H and O–H groups in total. The molecule has 6 nitrogen and oxygen atoms in total. The van der Waals surface area contributed by atoms with Crippen molar-refractivity contribution in [3.63, 3.8) is 0 Å². The van der Waals surface area contributed by atoms with Gasteiger partial charge in [0, 0.05) is 24.4 Å². The Morgan fingerprint density at radius 1 is 1.06 bits per heavy atom. The lowest BCUT2D eigenvalue weighted by atomic mass is 9.77. The van der Waals surface area contributed by atoms with Gasteiger partial charge in [0.1, 0.15) is 5.56 Å². The second kappa shape index (κ2) is 9.93. The molecule has 2 saturated carbocycles. The predicted octanol–water partition coefficient (Wildman–Crippen LogP) is 5.90.